The summed E-state index contributed by atoms with van der Waals surface area (Å²) in [5, 5.41) is 2.71. The van der Waals surface area contributed by atoms with Crippen molar-refractivity contribution < 1.29 is 13.2 Å². The van der Waals surface area contributed by atoms with E-state index in [4.69, 9.17) is 11.6 Å². The summed E-state index contributed by atoms with van der Waals surface area (Å²) >= 11 is 5.50. The van der Waals surface area contributed by atoms with Gasteiger partial charge in [-0.2, -0.15) is 13.2 Å². The number of hydrogen-bond acceptors (Lipinski definition) is 1. The van der Waals surface area contributed by atoms with Crippen molar-refractivity contribution in [3.63, 3.8) is 0 Å². The largest absolute Gasteiger partial charge is 0.390 e. The summed E-state index contributed by atoms with van der Waals surface area (Å²) < 4.78 is 35.0. The van der Waals surface area contributed by atoms with Crippen LogP contribution in [0.15, 0.2) is 0 Å². The molecule has 74 valence electrons. The predicted molar refractivity (Wildman–Crippen MR) is 43.5 cm³/mol. The van der Waals surface area contributed by atoms with Gasteiger partial charge in [0.15, 0.2) is 0 Å². The summed E-state index contributed by atoms with van der Waals surface area (Å²) in [7, 11) is 0. The Bertz CT molecular complexity index is 133. The molecule has 0 radical (unpaired) electrons. The Hall–Kier alpha value is 0.0400. The topological polar surface area (TPSA) is 12.0 Å². The lowest BCUT2D eigenvalue weighted by molar-refractivity contribution is -0.133. The second kappa shape index (κ2) is 4.33. The van der Waals surface area contributed by atoms with Gasteiger partial charge in [0.25, 0.3) is 0 Å². The maximum atomic E-state index is 11.7. The molecule has 0 aliphatic rings. The van der Waals surface area contributed by atoms with E-state index >= 15 is 0 Å². The molecule has 0 unspecified atom stereocenters. The summed E-state index contributed by atoms with van der Waals surface area (Å²) in [5.41, 5.74) is -0.424. The van der Waals surface area contributed by atoms with Crippen molar-refractivity contribution in [1.29, 1.82) is 0 Å². The summed E-state index contributed by atoms with van der Waals surface area (Å²) in [5.74, 6) is 0.296. The second-order valence-electron chi connectivity index (χ2n) is 3.31. The lowest BCUT2D eigenvalue weighted by atomic mass is 10.1. The molecule has 0 aromatic rings. The lowest BCUT2D eigenvalue weighted by Crippen LogP contribution is -2.42. The molecule has 12 heavy (non-hydrogen) atoms. The summed E-state index contributed by atoms with van der Waals surface area (Å²) in [4.78, 5) is 0. The van der Waals surface area contributed by atoms with Crippen LogP contribution in [-0.4, -0.2) is 24.1 Å². The van der Waals surface area contributed by atoms with Crippen LogP contribution >= 0.6 is 11.6 Å². The van der Waals surface area contributed by atoms with Crippen molar-refractivity contribution in [2.45, 2.75) is 32.0 Å². The molecule has 0 spiro atoms. The average molecular weight is 204 g/mol. The van der Waals surface area contributed by atoms with Crippen LogP contribution in [0.1, 0.15) is 20.3 Å². The average Bonchev–Trinajstić information content (AvgIpc) is 1.84. The normalized spacial score (nSPS) is 13.5. The van der Waals surface area contributed by atoms with E-state index in [9.17, 15) is 13.2 Å². The van der Waals surface area contributed by atoms with Gasteiger partial charge in [-0.1, -0.05) is 0 Å². The molecule has 0 rings (SSSR count). The van der Waals surface area contributed by atoms with Crippen LogP contribution in [0, 0.1) is 0 Å². The van der Waals surface area contributed by atoms with Crippen LogP contribution < -0.4 is 5.32 Å². The zero-order chi connectivity index (χ0) is 9.83. The molecule has 0 saturated heterocycles. The van der Waals surface area contributed by atoms with E-state index < -0.39 is 18.1 Å². The molecular formula is C7H13ClF3N. The van der Waals surface area contributed by atoms with Crippen molar-refractivity contribution in [1.82, 2.24) is 5.32 Å². The Kier molecular flexibility index (Phi) is 4.34. The Balaban J connectivity index is 3.57. The van der Waals surface area contributed by atoms with Gasteiger partial charge in [0.05, 0.1) is 6.42 Å². The van der Waals surface area contributed by atoms with E-state index in [2.05, 4.69) is 5.32 Å². The van der Waals surface area contributed by atoms with E-state index in [0.29, 0.717) is 5.88 Å². The Morgan fingerprint density at radius 3 is 2.08 bits per heavy atom. The van der Waals surface area contributed by atoms with Gasteiger partial charge in [-0.3, -0.25) is 0 Å². The number of rotatable bonds is 4. The fraction of sp³-hybridized carbons (Fsp3) is 1.00. The maximum absolute atomic E-state index is 11.7. The first-order valence-corrected chi connectivity index (χ1v) is 4.18. The third-order valence-corrected chi connectivity index (χ3v) is 2.01. The number of nitrogens with one attached hydrogen (secondary N) is 1. The van der Waals surface area contributed by atoms with Crippen molar-refractivity contribution in [2.75, 3.05) is 12.4 Å². The molecule has 0 amide bonds. The number of halogens is 4. The number of hydrogen-bond donors (Lipinski definition) is 1. The predicted octanol–water partition coefficient (Wildman–Crippen LogP) is 2.55. The molecular weight excluding hydrogens is 191 g/mol. The third-order valence-electron chi connectivity index (χ3n) is 1.35. The van der Waals surface area contributed by atoms with Gasteiger partial charge in [0.1, 0.15) is 0 Å². The molecule has 1 N–H and O–H groups in total. The van der Waals surface area contributed by atoms with E-state index in [1.54, 1.807) is 13.8 Å². The monoisotopic (exact) mass is 203 g/mol. The zero-order valence-electron chi connectivity index (χ0n) is 7.13. The van der Waals surface area contributed by atoms with E-state index in [1.165, 1.54) is 0 Å². The molecule has 0 aliphatic heterocycles. The molecule has 0 atom stereocenters. The molecule has 0 fully saturated rings. The van der Waals surface area contributed by atoms with Gasteiger partial charge in [0, 0.05) is 18.0 Å². The van der Waals surface area contributed by atoms with Gasteiger partial charge in [-0.05, 0) is 13.8 Å². The van der Waals surface area contributed by atoms with Gasteiger partial charge in [-0.25, -0.2) is 0 Å². The number of alkyl halides is 4. The first-order valence-electron chi connectivity index (χ1n) is 3.64. The smallest absolute Gasteiger partial charge is 0.310 e. The Morgan fingerprint density at radius 2 is 1.75 bits per heavy atom. The standard InChI is InChI=1S/C7H13ClF3N/c1-6(2,5-8)12-4-3-7(9,10)11/h12H,3-5H2,1-2H3. The van der Waals surface area contributed by atoms with Crippen molar-refractivity contribution in [2.24, 2.45) is 0 Å². The van der Waals surface area contributed by atoms with Gasteiger partial charge in [0.2, 0.25) is 0 Å². The minimum Gasteiger partial charge on any atom is -0.310 e. The highest BCUT2D eigenvalue weighted by Gasteiger charge is 2.27. The first-order chi connectivity index (χ1) is 5.27. The van der Waals surface area contributed by atoms with Gasteiger partial charge < -0.3 is 5.32 Å². The highest BCUT2D eigenvalue weighted by molar-refractivity contribution is 6.18. The quantitative estimate of drug-likeness (QED) is 0.693. The van der Waals surface area contributed by atoms with Crippen LogP contribution in [0.25, 0.3) is 0 Å². The first kappa shape index (κ1) is 12.0. The molecule has 0 aromatic carbocycles. The van der Waals surface area contributed by atoms with Gasteiger partial charge in [-0.15, -0.1) is 11.6 Å². The fourth-order valence-corrected chi connectivity index (χ4v) is 0.684. The van der Waals surface area contributed by atoms with Crippen molar-refractivity contribution >= 4 is 11.6 Å². The van der Waals surface area contributed by atoms with E-state index in [1.807, 2.05) is 0 Å². The Labute approximate surface area is 75.3 Å². The van der Waals surface area contributed by atoms with Crippen molar-refractivity contribution in [3.05, 3.63) is 0 Å². The van der Waals surface area contributed by atoms with Crippen LogP contribution in [0.2, 0.25) is 0 Å². The SMILES string of the molecule is CC(C)(CCl)NCCC(F)(F)F. The Morgan fingerprint density at radius 1 is 1.25 bits per heavy atom. The summed E-state index contributed by atoms with van der Waals surface area (Å²) in [6.07, 6.45) is -4.90. The molecule has 1 nitrogen and oxygen atoms in total. The molecule has 0 aliphatic carbocycles. The van der Waals surface area contributed by atoms with Crippen molar-refractivity contribution in [3.8, 4) is 0 Å². The second-order valence-corrected chi connectivity index (χ2v) is 3.58. The third kappa shape index (κ3) is 6.73. The molecule has 0 saturated carbocycles. The highest BCUT2D eigenvalue weighted by atomic mass is 35.5. The molecule has 0 aromatic heterocycles. The molecule has 0 heterocycles. The van der Waals surface area contributed by atoms with Gasteiger partial charge >= 0.3 is 6.18 Å². The van der Waals surface area contributed by atoms with Crippen LogP contribution in [0.3, 0.4) is 0 Å². The molecule has 5 heteroatoms. The fourth-order valence-electron chi connectivity index (χ4n) is 0.590. The lowest BCUT2D eigenvalue weighted by Gasteiger charge is -2.23. The summed E-state index contributed by atoms with van der Waals surface area (Å²) in [6.45, 7) is 3.44. The maximum Gasteiger partial charge on any atom is 0.390 e. The minimum atomic E-state index is -4.09. The van der Waals surface area contributed by atoms with E-state index in [0.717, 1.165) is 0 Å². The zero-order valence-corrected chi connectivity index (χ0v) is 7.89. The minimum absolute atomic E-state index is 0.0801. The van der Waals surface area contributed by atoms with E-state index in [-0.39, 0.29) is 6.54 Å². The summed E-state index contributed by atoms with van der Waals surface area (Å²) in [6, 6.07) is 0. The highest BCUT2D eigenvalue weighted by Crippen LogP contribution is 2.18. The van der Waals surface area contributed by atoms with Crippen LogP contribution in [-0.2, 0) is 0 Å². The van der Waals surface area contributed by atoms with Crippen LogP contribution in [0.4, 0.5) is 13.2 Å². The molecule has 0 bridgehead atoms. The van der Waals surface area contributed by atoms with Crippen LogP contribution in [0.5, 0.6) is 0 Å².